The fourth-order valence-electron chi connectivity index (χ4n) is 2.29. The van der Waals surface area contributed by atoms with Crippen LogP contribution in [0.3, 0.4) is 0 Å². The summed E-state index contributed by atoms with van der Waals surface area (Å²) in [7, 11) is -1.96. The first-order valence-electron chi connectivity index (χ1n) is 6.60. The smallest absolute Gasteiger partial charge is 0.243 e. The van der Waals surface area contributed by atoms with Crippen LogP contribution in [-0.2, 0) is 10.0 Å². The Morgan fingerprint density at radius 3 is 2.35 bits per heavy atom. The predicted octanol–water partition coefficient (Wildman–Crippen LogP) is 3.16. The zero-order valence-electron chi connectivity index (χ0n) is 12.0. The van der Waals surface area contributed by atoms with Crippen molar-refractivity contribution in [2.45, 2.75) is 31.6 Å². The van der Waals surface area contributed by atoms with E-state index in [1.807, 2.05) is 0 Å². The SMILES string of the molecule is COc1ccc(S(=O)(=O)N2CCC(C)(C)CC2)cc1Cl. The molecule has 1 aromatic rings. The second-order valence-electron chi connectivity index (χ2n) is 5.86. The van der Waals surface area contributed by atoms with Crippen molar-refractivity contribution >= 4 is 21.6 Å². The van der Waals surface area contributed by atoms with E-state index in [0.29, 0.717) is 23.9 Å². The highest BCUT2D eigenvalue weighted by Gasteiger charge is 2.32. The molecule has 20 heavy (non-hydrogen) atoms. The third-order valence-electron chi connectivity index (χ3n) is 3.84. The summed E-state index contributed by atoms with van der Waals surface area (Å²) in [5.41, 5.74) is 0.212. The highest BCUT2D eigenvalue weighted by atomic mass is 35.5. The van der Waals surface area contributed by atoms with Crippen LogP contribution in [0.5, 0.6) is 5.75 Å². The molecule has 0 aliphatic carbocycles. The van der Waals surface area contributed by atoms with Crippen molar-refractivity contribution in [1.29, 1.82) is 0 Å². The lowest BCUT2D eigenvalue weighted by Crippen LogP contribution is -2.41. The van der Waals surface area contributed by atoms with Gasteiger partial charge in [-0.2, -0.15) is 4.31 Å². The number of piperidine rings is 1. The molecule has 0 unspecified atom stereocenters. The van der Waals surface area contributed by atoms with E-state index in [-0.39, 0.29) is 10.3 Å². The fourth-order valence-corrected chi connectivity index (χ4v) is 4.08. The molecular formula is C14H20ClNO3S. The Balaban J connectivity index is 2.25. The summed E-state index contributed by atoms with van der Waals surface area (Å²) in [4.78, 5) is 0.225. The first kappa shape index (κ1) is 15.6. The molecular weight excluding hydrogens is 298 g/mol. The molecule has 0 atom stereocenters. The fraction of sp³-hybridized carbons (Fsp3) is 0.571. The number of ether oxygens (including phenoxy) is 1. The number of hydrogen-bond acceptors (Lipinski definition) is 3. The summed E-state index contributed by atoms with van der Waals surface area (Å²) in [6, 6.07) is 4.58. The van der Waals surface area contributed by atoms with Crippen molar-refractivity contribution in [1.82, 2.24) is 4.31 Å². The van der Waals surface area contributed by atoms with Gasteiger partial charge in [-0.05, 0) is 36.5 Å². The maximum Gasteiger partial charge on any atom is 0.243 e. The maximum atomic E-state index is 12.6. The second-order valence-corrected chi connectivity index (χ2v) is 8.21. The lowest BCUT2D eigenvalue weighted by Gasteiger charge is -2.36. The van der Waals surface area contributed by atoms with E-state index < -0.39 is 10.0 Å². The Morgan fingerprint density at radius 2 is 1.85 bits per heavy atom. The predicted molar refractivity (Wildman–Crippen MR) is 79.8 cm³/mol. The normalized spacial score (nSPS) is 19.8. The monoisotopic (exact) mass is 317 g/mol. The van der Waals surface area contributed by atoms with E-state index in [1.54, 1.807) is 12.1 Å². The highest BCUT2D eigenvalue weighted by molar-refractivity contribution is 7.89. The number of halogens is 1. The minimum Gasteiger partial charge on any atom is -0.495 e. The molecule has 1 fully saturated rings. The number of benzene rings is 1. The van der Waals surface area contributed by atoms with Crippen molar-refractivity contribution in [3.05, 3.63) is 23.2 Å². The van der Waals surface area contributed by atoms with Gasteiger partial charge in [0.15, 0.2) is 0 Å². The molecule has 112 valence electrons. The average Bonchev–Trinajstić information content (AvgIpc) is 2.38. The standard InChI is InChI=1S/C14H20ClNO3S/c1-14(2)6-8-16(9-7-14)20(17,18)11-4-5-13(19-3)12(15)10-11/h4-5,10H,6-9H2,1-3H3. The maximum absolute atomic E-state index is 12.6. The van der Waals surface area contributed by atoms with Gasteiger partial charge in [0.05, 0.1) is 17.0 Å². The molecule has 1 heterocycles. The molecule has 4 nitrogen and oxygen atoms in total. The van der Waals surface area contributed by atoms with Gasteiger partial charge in [0, 0.05) is 13.1 Å². The quantitative estimate of drug-likeness (QED) is 0.860. The van der Waals surface area contributed by atoms with E-state index in [0.717, 1.165) is 12.8 Å². The summed E-state index contributed by atoms with van der Waals surface area (Å²) in [5.74, 6) is 0.477. The minimum atomic E-state index is -3.47. The molecule has 6 heteroatoms. The Hall–Kier alpha value is -0.780. The third-order valence-corrected chi connectivity index (χ3v) is 6.03. The molecule has 1 saturated heterocycles. The molecule has 0 radical (unpaired) electrons. The minimum absolute atomic E-state index is 0.212. The van der Waals surface area contributed by atoms with Crippen LogP contribution in [-0.4, -0.2) is 32.9 Å². The first-order chi connectivity index (χ1) is 9.26. The largest absolute Gasteiger partial charge is 0.495 e. The van der Waals surface area contributed by atoms with Gasteiger partial charge in [0.25, 0.3) is 0 Å². The second kappa shape index (κ2) is 5.54. The average molecular weight is 318 g/mol. The van der Waals surface area contributed by atoms with Crippen molar-refractivity contribution in [2.75, 3.05) is 20.2 Å². The molecule has 1 aliphatic rings. The molecule has 1 aliphatic heterocycles. The van der Waals surface area contributed by atoms with Gasteiger partial charge in [-0.15, -0.1) is 0 Å². The molecule has 0 aromatic heterocycles. The summed E-state index contributed by atoms with van der Waals surface area (Å²) in [5, 5.41) is 0.311. The lowest BCUT2D eigenvalue weighted by molar-refractivity contribution is 0.196. The molecule has 1 aromatic carbocycles. The number of hydrogen-bond donors (Lipinski definition) is 0. The Bertz CT molecular complexity index is 588. The Kier molecular flexibility index (Phi) is 4.33. The Morgan fingerprint density at radius 1 is 1.25 bits per heavy atom. The van der Waals surface area contributed by atoms with Crippen LogP contribution in [0.2, 0.25) is 5.02 Å². The van der Waals surface area contributed by atoms with Gasteiger partial charge in [-0.3, -0.25) is 0 Å². The van der Waals surface area contributed by atoms with Gasteiger partial charge >= 0.3 is 0 Å². The Labute approximate surface area is 125 Å². The summed E-state index contributed by atoms with van der Waals surface area (Å²) in [6.45, 7) is 5.44. The van der Waals surface area contributed by atoms with Crippen LogP contribution in [0.15, 0.2) is 23.1 Å². The van der Waals surface area contributed by atoms with E-state index in [2.05, 4.69) is 13.8 Å². The lowest BCUT2D eigenvalue weighted by atomic mass is 9.83. The molecule has 0 N–H and O–H groups in total. The van der Waals surface area contributed by atoms with E-state index in [1.165, 1.54) is 17.5 Å². The van der Waals surface area contributed by atoms with Crippen molar-refractivity contribution in [3.63, 3.8) is 0 Å². The molecule has 0 spiro atoms. The van der Waals surface area contributed by atoms with Gasteiger partial charge < -0.3 is 4.74 Å². The van der Waals surface area contributed by atoms with Crippen molar-refractivity contribution < 1.29 is 13.2 Å². The van der Waals surface area contributed by atoms with Gasteiger partial charge in [0.1, 0.15) is 5.75 Å². The molecule has 2 rings (SSSR count). The van der Waals surface area contributed by atoms with E-state index >= 15 is 0 Å². The summed E-state index contributed by atoms with van der Waals surface area (Å²) in [6.07, 6.45) is 1.74. The highest BCUT2D eigenvalue weighted by Crippen LogP contribution is 2.34. The number of rotatable bonds is 3. The van der Waals surface area contributed by atoms with Crippen LogP contribution in [0.1, 0.15) is 26.7 Å². The summed E-state index contributed by atoms with van der Waals surface area (Å²) >= 11 is 6.01. The van der Waals surface area contributed by atoms with Crippen molar-refractivity contribution in [2.24, 2.45) is 5.41 Å². The topological polar surface area (TPSA) is 46.6 Å². The van der Waals surface area contributed by atoms with Crippen molar-refractivity contribution in [3.8, 4) is 5.75 Å². The zero-order chi connectivity index (χ0) is 15.0. The molecule has 0 saturated carbocycles. The van der Waals surface area contributed by atoms with E-state index in [4.69, 9.17) is 16.3 Å². The van der Waals surface area contributed by atoms with Crippen LogP contribution in [0.25, 0.3) is 0 Å². The van der Waals surface area contributed by atoms with Gasteiger partial charge in [-0.25, -0.2) is 8.42 Å². The number of nitrogens with zero attached hydrogens (tertiary/aromatic N) is 1. The van der Waals surface area contributed by atoms with Crippen LogP contribution >= 0.6 is 11.6 Å². The van der Waals surface area contributed by atoms with Crippen LogP contribution in [0, 0.1) is 5.41 Å². The first-order valence-corrected chi connectivity index (χ1v) is 8.42. The molecule has 0 amide bonds. The number of sulfonamides is 1. The van der Waals surface area contributed by atoms with Gasteiger partial charge in [-0.1, -0.05) is 25.4 Å². The number of methoxy groups -OCH3 is 1. The summed E-state index contributed by atoms with van der Waals surface area (Å²) < 4.78 is 31.7. The van der Waals surface area contributed by atoms with Gasteiger partial charge in [0.2, 0.25) is 10.0 Å². The van der Waals surface area contributed by atoms with E-state index in [9.17, 15) is 8.42 Å². The molecule has 0 bridgehead atoms. The van der Waals surface area contributed by atoms with Crippen LogP contribution < -0.4 is 4.74 Å². The van der Waals surface area contributed by atoms with Crippen LogP contribution in [0.4, 0.5) is 0 Å². The third kappa shape index (κ3) is 3.10. The zero-order valence-corrected chi connectivity index (χ0v) is 13.6.